The zero-order valence-electron chi connectivity index (χ0n) is 9.82. The van der Waals surface area contributed by atoms with E-state index < -0.39 is 0 Å². The average molecular weight is 250 g/mol. The van der Waals surface area contributed by atoms with Crippen molar-refractivity contribution in [3.63, 3.8) is 0 Å². The molecule has 5 heteroatoms. The fraction of sp³-hybridized carbons (Fsp3) is 0.333. The van der Waals surface area contributed by atoms with Crippen LogP contribution in [-0.2, 0) is 9.53 Å². The number of hydrogen-bond donors (Lipinski definition) is 1. The van der Waals surface area contributed by atoms with Gasteiger partial charge >= 0.3 is 5.97 Å². The summed E-state index contributed by atoms with van der Waals surface area (Å²) >= 11 is 1.60. The molecule has 2 rings (SSSR count). The monoisotopic (exact) mass is 250 g/mol. The van der Waals surface area contributed by atoms with Gasteiger partial charge in [-0.2, -0.15) is 0 Å². The summed E-state index contributed by atoms with van der Waals surface area (Å²) in [5, 5.41) is 3.97. The molecule has 17 heavy (non-hydrogen) atoms. The number of rotatable bonds is 4. The Hall–Kier alpha value is -1.62. The summed E-state index contributed by atoms with van der Waals surface area (Å²) in [7, 11) is 1.39. The third-order valence-electron chi connectivity index (χ3n) is 2.38. The summed E-state index contributed by atoms with van der Waals surface area (Å²) in [5.41, 5.74) is 2.21. The van der Waals surface area contributed by atoms with E-state index in [-0.39, 0.29) is 5.97 Å². The van der Waals surface area contributed by atoms with Crippen LogP contribution in [-0.4, -0.2) is 24.6 Å². The highest BCUT2D eigenvalue weighted by Crippen LogP contribution is 2.26. The van der Waals surface area contributed by atoms with Crippen molar-refractivity contribution in [2.75, 3.05) is 19.0 Å². The van der Waals surface area contributed by atoms with Crippen molar-refractivity contribution in [2.45, 2.75) is 13.3 Å². The van der Waals surface area contributed by atoms with E-state index in [1.165, 1.54) is 12.7 Å². The van der Waals surface area contributed by atoms with Crippen LogP contribution in [0.25, 0.3) is 10.2 Å². The number of aryl methyl sites for hydroxylation is 1. The van der Waals surface area contributed by atoms with E-state index in [1.807, 2.05) is 12.1 Å². The van der Waals surface area contributed by atoms with Crippen LogP contribution in [0.1, 0.15) is 12.0 Å². The molecule has 1 heterocycles. The van der Waals surface area contributed by atoms with E-state index in [4.69, 9.17) is 0 Å². The Balaban J connectivity index is 2.02. The molecule has 0 fully saturated rings. The minimum absolute atomic E-state index is 0.213. The maximum absolute atomic E-state index is 10.9. The van der Waals surface area contributed by atoms with Crippen LogP contribution in [0, 0.1) is 6.92 Å². The van der Waals surface area contributed by atoms with E-state index >= 15 is 0 Å². The minimum atomic E-state index is -0.213. The van der Waals surface area contributed by atoms with Gasteiger partial charge in [-0.05, 0) is 24.6 Å². The molecule has 1 aromatic heterocycles. The van der Waals surface area contributed by atoms with Crippen LogP contribution in [0.3, 0.4) is 0 Å². The number of nitrogens with one attached hydrogen (secondary N) is 1. The third-order valence-corrected chi connectivity index (χ3v) is 3.35. The Morgan fingerprint density at radius 3 is 3.12 bits per heavy atom. The largest absolute Gasteiger partial charge is 0.469 e. The lowest BCUT2D eigenvalue weighted by Crippen LogP contribution is -2.09. The molecule has 0 atom stereocenters. The quantitative estimate of drug-likeness (QED) is 0.847. The van der Waals surface area contributed by atoms with Gasteiger partial charge in [0, 0.05) is 6.54 Å². The van der Waals surface area contributed by atoms with Gasteiger partial charge in [-0.1, -0.05) is 17.4 Å². The standard InChI is InChI=1S/C12H14N2O2S/c1-8-3-4-9-10(7-8)17-12(14-9)13-6-5-11(15)16-2/h3-4,7H,5-6H2,1-2H3,(H,13,14). The predicted octanol–water partition coefficient (Wildman–Crippen LogP) is 2.58. The summed E-state index contributed by atoms with van der Waals surface area (Å²) in [5.74, 6) is -0.213. The van der Waals surface area contributed by atoms with Crippen molar-refractivity contribution in [1.29, 1.82) is 0 Å². The molecule has 0 saturated carbocycles. The Bertz CT molecular complexity index is 536. The second-order valence-electron chi connectivity index (χ2n) is 3.74. The Morgan fingerprint density at radius 1 is 1.53 bits per heavy atom. The van der Waals surface area contributed by atoms with Crippen molar-refractivity contribution in [3.8, 4) is 0 Å². The van der Waals surface area contributed by atoms with E-state index in [0.717, 1.165) is 15.3 Å². The highest BCUT2D eigenvalue weighted by Gasteiger charge is 2.04. The second kappa shape index (κ2) is 5.14. The molecular weight excluding hydrogens is 236 g/mol. The SMILES string of the molecule is COC(=O)CCNc1nc2ccc(C)cc2s1. The van der Waals surface area contributed by atoms with Gasteiger partial charge in [0.25, 0.3) is 0 Å². The van der Waals surface area contributed by atoms with Crippen molar-refractivity contribution in [3.05, 3.63) is 23.8 Å². The van der Waals surface area contributed by atoms with Gasteiger partial charge in [-0.3, -0.25) is 4.79 Å². The minimum Gasteiger partial charge on any atom is -0.469 e. The topological polar surface area (TPSA) is 51.2 Å². The molecule has 0 spiro atoms. The van der Waals surface area contributed by atoms with Gasteiger partial charge in [0.05, 0.1) is 23.7 Å². The molecule has 4 nitrogen and oxygen atoms in total. The van der Waals surface area contributed by atoms with E-state index in [2.05, 4.69) is 28.0 Å². The summed E-state index contributed by atoms with van der Waals surface area (Å²) in [6.45, 7) is 2.61. The number of hydrogen-bond acceptors (Lipinski definition) is 5. The Morgan fingerprint density at radius 2 is 2.35 bits per heavy atom. The first kappa shape index (κ1) is 11.9. The molecule has 0 aliphatic rings. The molecule has 90 valence electrons. The van der Waals surface area contributed by atoms with Crippen LogP contribution in [0.2, 0.25) is 0 Å². The number of fused-ring (bicyclic) bond motifs is 1. The van der Waals surface area contributed by atoms with Crippen LogP contribution >= 0.6 is 11.3 Å². The van der Waals surface area contributed by atoms with E-state index in [9.17, 15) is 4.79 Å². The molecule has 1 N–H and O–H groups in total. The first-order chi connectivity index (χ1) is 8.19. The van der Waals surface area contributed by atoms with Crippen LogP contribution in [0.15, 0.2) is 18.2 Å². The highest BCUT2D eigenvalue weighted by atomic mass is 32.1. The van der Waals surface area contributed by atoms with Crippen LogP contribution < -0.4 is 5.32 Å². The average Bonchev–Trinajstić information content (AvgIpc) is 2.70. The molecule has 0 saturated heterocycles. The van der Waals surface area contributed by atoms with Crippen molar-refractivity contribution >= 4 is 32.7 Å². The number of methoxy groups -OCH3 is 1. The van der Waals surface area contributed by atoms with Crippen molar-refractivity contribution in [2.24, 2.45) is 0 Å². The van der Waals surface area contributed by atoms with Gasteiger partial charge in [0.2, 0.25) is 0 Å². The number of ether oxygens (including phenoxy) is 1. The van der Waals surface area contributed by atoms with Crippen molar-refractivity contribution in [1.82, 2.24) is 4.98 Å². The fourth-order valence-corrected chi connectivity index (χ4v) is 2.47. The van der Waals surface area contributed by atoms with Gasteiger partial charge < -0.3 is 10.1 Å². The molecule has 1 aromatic carbocycles. The molecule has 0 aliphatic carbocycles. The first-order valence-electron chi connectivity index (χ1n) is 5.37. The Kier molecular flexibility index (Phi) is 3.58. The molecule has 0 aliphatic heterocycles. The smallest absolute Gasteiger partial charge is 0.307 e. The Labute approximate surface area is 104 Å². The van der Waals surface area contributed by atoms with E-state index in [1.54, 1.807) is 11.3 Å². The normalized spacial score (nSPS) is 10.5. The number of benzene rings is 1. The maximum atomic E-state index is 10.9. The van der Waals surface area contributed by atoms with Gasteiger partial charge in [-0.15, -0.1) is 0 Å². The summed E-state index contributed by atoms with van der Waals surface area (Å²) in [6, 6.07) is 6.16. The number of thiazole rings is 1. The lowest BCUT2D eigenvalue weighted by Gasteiger charge is -2.00. The van der Waals surface area contributed by atoms with Gasteiger partial charge in [-0.25, -0.2) is 4.98 Å². The molecule has 0 radical (unpaired) electrons. The lowest BCUT2D eigenvalue weighted by molar-refractivity contribution is -0.140. The zero-order valence-corrected chi connectivity index (χ0v) is 10.6. The number of esters is 1. The molecular formula is C12H14N2O2S. The highest BCUT2D eigenvalue weighted by molar-refractivity contribution is 7.22. The number of aromatic nitrogens is 1. The van der Waals surface area contributed by atoms with Gasteiger partial charge in [0.1, 0.15) is 0 Å². The third kappa shape index (κ3) is 2.94. The fourth-order valence-electron chi connectivity index (χ4n) is 1.48. The summed E-state index contributed by atoms with van der Waals surface area (Å²) in [4.78, 5) is 15.4. The molecule has 0 bridgehead atoms. The number of carbonyl (C=O) groups excluding carboxylic acids is 1. The summed E-state index contributed by atoms with van der Waals surface area (Å²) < 4.78 is 5.72. The van der Waals surface area contributed by atoms with Crippen LogP contribution in [0.5, 0.6) is 0 Å². The van der Waals surface area contributed by atoms with Crippen LogP contribution in [0.4, 0.5) is 5.13 Å². The lowest BCUT2D eigenvalue weighted by atomic mass is 10.2. The summed E-state index contributed by atoms with van der Waals surface area (Å²) in [6.07, 6.45) is 0.353. The number of nitrogens with zero attached hydrogens (tertiary/aromatic N) is 1. The second-order valence-corrected chi connectivity index (χ2v) is 4.77. The number of carbonyl (C=O) groups is 1. The first-order valence-corrected chi connectivity index (χ1v) is 6.18. The predicted molar refractivity (Wildman–Crippen MR) is 69.5 cm³/mol. The molecule has 0 amide bonds. The maximum Gasteiger partial charge on any atom is 0.307 e. The van der Waals surface area contributed by atoms with Crippen molar-refractivity contribution < 1.29 is 9.53 Å². The number of anilines is 1. The van der Waals surface area contributed by atoms with Gasteiger partial charge in [0.15, 0.2) is 5.13 Å². The molecule has 0 unspecified atom stereocenters. The molecule has 2 aromatic rings. The van der Waals surface area contributed by atoms with E-state index in [0.29, 0.717) is 13.0 Å². The zero-order chi connectivity index (χ0) is 12.3.